The molecule has 208 valence electrons. The summed E-state index contributed by atoms with van der Waals surface area (Å²) in [4.78, 5) is 25.1. The van der Waals surface area contributed by atoms with Gasteiger partial charge in [-0.05, 0) is 83.7 Å². The maximum absolute atomic E-state index is 13.4. The van der Waals surface area contributed by atoms with E-state index >= 15 is 0 Å². The van der Waals surface area contributed by atoms with Crippen molar-refractivity contribution in [3.8, 4) is 11.1 Å². The lowest BCUT2D eigenvalue weighted by atomic mass is 9.93. The Labute approximate surface area is 237 Å². The van der Waals surface area contributed by atoms with Gasteiger partial charge in [-0.2, -0.15) is 11.8 Å². The number of hydrogen-bond donors (Lipinski definition) is 2. The summed E-state index contributed by atoms with van der Waals surface area (Å²) in [5, 5.41) is 12.4. The minimum Gasteiger partial charge on any atom is -0.480 e. The zero-order chi connectivity index (χ0) is 28.2. The van der Waals surface area contributed by atoms with Crippen molar-refractivity contribution >= 4 is 23.6 Å². The number of unbranched alkanes of at least 4 members (excludes halogenated alkanes) is 1. The van der Waals surface area contributed by atoms with Gasteiger partial charge >= 0.3 is 5.97 Å². The van der Waals surface area contributed by atoms with E-state index in [1.165, 1.54) is 11.1 Å². The summed E-state index contributed by atoms with van der Waals surface area (Å²) in [7, 11) is 0. The molecular formula is C33H41NO4S. The van der Waals surface area contributed by atoms with Gasteiger partial charge in [0.2, 0.25) is 0 Å². The second kappa shape index (κ2) is 15.5. The maximum Gasteiger partial charge on any atom is 0.326 e. The Morgan fingerprint density at radius 2 is 1.74 bits per heavy atom. The number of thioether (sulfide) groups is 1. The fourth-order valence-corrected chi connectivity index (χ4v) is 5.12. The van der Waals surface area contributed by atoms with Crippen LogP contribution in [0.15, 0.2) is 66.7 Å². The highest BCUT2D eigenvalue weighted by Gasteiger charge is 2.23. The van der Waals surface area contributed by atoms with Crippen molar-refractivity contribution in [2.75, 3.05) is 12.0 Å². The number of aliphatic carboxylic acids is 1. The Kier molecular flexibility index (Phi) is 12.1. The highest BCUT2D eigenvalue weighted by atomic mass is 32.2. The zero-order valence-corrected chi connectivity index (χ0v) is 24.4. The Bertz CT molecular complexity index is 1240. The molecule has 1 amide bonds. The molecule has 0 aliphatic carbocycles. The molecule has 0 fully saturated rings. The molecule has 5 nitrogen and oxygen atoms in total. The molecule has 6 heteroatoms. The van der Waals surface area contributed by atoms with Gasteiger partial charge in [0.1, 0.15) is 6.04 Å². The molecule has 3 aromatic carbocycles. The first kappa shape index (κ1) is 30.5. The molecule has 0 saturated heterocycles. The maximum atomic E-state index is 13.4. The van der Waals surface area contributed by atoms with Gasteiger partial charge in [0.15, 0.2) is 0 Å². The first-order valence-electron chi connectivity index (χ1n) is 13.8. The molecule has 3 rings (SSSR count). The SMILES string of the molecule is CCCCC(OCc1ccc(C(=O)NC(CCSC)C(=O)O)c(-c2ccccc2C)c1)c1cccc(CC)c1. The molecule has 0 radical (unpaired) electrons. The molecular weight excluding hydrogens is 506 g/mol. The van der Waals surface area contributed by atoms with Gasteiger partial charge in [0, 0.05) is 5.56 Å². The van der Waals surface area contributed by atoms with Gasteiger partial charge in [0.25, 0.3) is 5.91 Å². The number of rotatable bonds is 15. The molecule has 0 aliphatic heterocycles. The molecule has 0 aromatic heterocycles. The Balaban J connectivity index is 1.91. The van der Waals surface area contributed by atoms with Gasteiger partial charge in [-0.25, -0.2) is 4.79 Å². The third kappa shape index (κ3) is 8.70. The Morgan fingerprint density at radius 1 is 0.949 bits per heavy atom. The minimum absolute atomic E-state index is 0.00547. The molecule has 0 saturated carbocycles. The third-order valence-electron chi connectivity index (χ3n) is 6.98. The smallest absolute Gasteiger partial charge is 0.326 e. The second-order valence-corrected chi connectivity index (χ2v) is 10.9. The molecule has 0 heterocycles. The van der Waals surface area contributed by atoms with Crippen molar-refractivity contribution in [2.24, 2.45) is 0 Å². The van der Waals surface area contributed by atoms with Gasteiger partial charge in [-0.15, -0.1) is 0 Å². The summed E-state index contributed by atoms with van der Waals surface area (Å²) in [6, 6.07) is 21.3. The molecule has 2 atom stereocenters. The largest absolute Gasteiger partial charge is 0.480 e. The summed E-state index contributed by atoms with van der Waals surface area (Å²) in [5.74, 6) is -0.755. The van der Waals surface area contributed by atoms with Crippen molar-refractivity contribution in [1.29, 1.82) is 0 Å². The van der Waals surface area contributed by atoms with Gasteiger partial charge in [-0.3, -0.25) is 4.79 Å². The van der Waals surface area contributed by atoms with E-state index < -0.39 is 12.0 Å². The Morgan fingerprint density at radius 3 is 2.44 bits per heavy atom. The normalized spacial score (nSPS) is 12.6. The fourth-order valence-electron chi connectivity index (χ4n) is 4.65. The molecule has 2 N–H and O–H groups in total. The van der Waals surface area contributed by atoms with Crippen molar-refractivity contribution in [1.82, 2.24) is 5.32 Å². The van der Waals surface area contributed by atoms with Crippen LogP contribution in [0.2, 0.25) is 0 Å². The zero-order valence-electron chi connectivity index (χ0n) is 23.5. The van der Waals surface area contributed by atoms with Crippen LogP contribution >= 0.6 is 11.8 Å². The molecule has 0 aliphatic rings. The van der Waals surface area contributed by atoms with Gasteiger partial charge < -0.3 is 15.2 Å². The van der Waals surface area contributed by atoms with Crippen molar-refractivity contribution in [3.63, 3.8) is 0 Å². The van der Waals surface area contributed by atoms with Crippen molar-refractivity contribution in [2.45, 2.75) is 71.6 Å². The number of ether oxygens (including phenoxy) is 1. The van der Waals surface area contributed by atoms with Gasteiger partial charge in [0.05, 0.1) is 12.7 Å². The lowest BCUT2D eigenvalue weighted by Gasteiger charge is -2.20. The lowest BCUT2D eigenvalue weighted by molar-refractivity contribution is -0.139. The average Bonchev–Trinajstić information content (AvgIpc) is 2.95. The third-order valence-corrected chi connectivity index (χ3v) is 7.62. The van der Waals surface area contributed by atoms with Crippen LogP contribution in [0.4, 0.5) is 0 Å². The van der Waals surface area contributed by atoms with Crippen LogP contribution in [0.5, 0.6) is 0 Å². The minimum atomic E-state index is -1.02. The summed E-state index contributed by atoms with van der Waals surface area (Å²) < 4.78 is 6.50. The van der Waals surface area contributed by atoms with E-state index in [0.29, 0.717) is 24.3 Å². The number of carboxylic acids is 1. The van der Waals surface area contributed by atoms with Crippen LogP contribution in [-0.2, 0) is 22.6 Å². The summed E-state index contributed by atoms with van der Waals surface area (Å²) in [6.07, 6.45) is 6.39. The average molecular weight is 548 g/mol. The number of carbonyl (C=O) groups is 2. The van der Waals surface area contributed by atoms with Crippen LogP contribution in [0.3, 0.4) is 0 Å². The van der Waals surface area contributed by atoms with Crippen LogP contribution in [-0.4, -0.2) is 35.0 Å². The molecule has 0 bridgehead atoms. The van der Waals surface area contributed by atoms with Crippen LogP contribution < -0.4 is 5.32 Å². The highest BCUT2D eigenvalue weighted by Crippen LogP contribution is 2.30. The van der Waals surface area contributed by atoms with E-state index in [4.69, 9.17) is 4.74 Å². The number of nitrogens with one attached hydrogen (secondary N) is 1. The quantitative estimate of drug-likeness (QED) is 0.205. The first-order chi connectivity index (χ1) is 18.9. The van der Waals surface area contributed by atoms with E-state index in [2.05, 4.69) is 43.4 Å². The number of carboxylic acid groups (broad SMARTS) is 1. The standard InChI is InChI=1S/C33H41NO4S/c1-5-7-15-31(26-13-10-12-24(6-2)20-26)38-22-25-16-17-28(29(21-25)27-14-9-8-11-23(27)3)32(35)34-30(33(36)37)18-19-39-4/h8-14,16-17,20-21,30-31H,5-7,15,18-19,22H2,1-4H3,(H,34,35)(H,36,37). The van der Waals surface area contributed by atoms with Crippen molar-refractivity contribution < 1.29 is 19.4 Å². The van der Waals surface area contributed by atoms with E-state index in [9.17, 15) is 14.7 Å². The number of carbonyl (C=O) groups excluding carboxylic acids is 1. The first-order valence-corrected chi connectivity index (χ1v) is 15.2. The highest BCUT2D eigenvalue weighted by molar-refractivity contribution is 7.98. The monoisotopic (exact) mass is 547 g/mol. The lowest BCUT2D eigenvalue weighted by Crippen LogP contribution is -2.41. The topological polar surface area (TPSA) is 75.6 Å². The summed E-state index contributed by atoms with van der Waals surface area (Å²) >= 11 is 1.56. The van der Waals surface area contributed by atoms with E-state index in [1.807, 2.05) is 49.6 Å². The van der Waals surface area contributed by atoms with Gasteiger partial charge in [-0.1, -0.05) is 81.3 Å². The predicted octanol–water partition coefficient (Wildman–Crippen LogP) is 7.61. The summed E-state index contributed by atoms with van der Waals surface area (Å²) in [6.45, 7) is 6.78. The summed E-state index contributed by atoms with van der Waals surface area (Å²) in [5.41, 5.74) is 6.68. The number of benzene rings is 3. The van der Waals surface area contributed by atoms with Crippen LogP contribution in [0, 0.1) is 6.92 Å². The van der Waals surface area contributed by atoms with Crippen LogP contribution in [0.25, 0.3) is 11.1 Å². The van der Waals surface area contributed by atoms with E-state index in [1.54, 1.807) is 17.8 Å². The molecule has 39 heavy (non-hydrogen) atoms. The fraction of sp³-hybridized carbons (Fsp3) is 0.394. The molecule has 0 spiro atoms. The number of amides is 1. The number of hydrogen-bond acceptors (Lipinski definition) is 4. The van der Waals surface area contributed by atoms with Crippen LogP contribution in [0.1, 0.15) is 78.2 Å². The molecule has 2 unspecified atom stereocenters. The van der Waals surface area contributed by atoms with Crippen molar-refractivity contribution in [3.05, 3.63) is 94.5 Å². The van der Waals surface area contributed by atoms with E-state index in [0.717, 1.165) is 47.9 Å². The second-order valence-electron chi connectivity index (χ2n) is 9.88. The predicted molar refractivity (Wildman–Crippen MR) is 161 cm³/mol. The van der Waals surface area contributed by atoms with E-state index in [-0.39, 0.29) is 12.0 Å². The number of aryl methyl sites for hydroxylation is 2. The Hall–Kier alpha value is -3.09. The molecule has 3 aromatic rings.